The van der Waals surface area contributed by atoms with Gasteiger partial charge < -0.3 is 0 Å². The molecule has 2 heteroatoms. The van der Waals surface area contributed by atoms with Crippen molar-refractivity contribution in [2.75, 3.05) is 0 Å². The summed E-state index contributed by atoms with van der Waals surface area (Å²) in [7, 11) is 0. The van der Waals surface area contributed by atoms with Gasteiger partial charge in [-0.15, -0.1) is 0 Å². The van der Waals surface area contributed by atoms with E-state index in [1.54, 1.807) is 0 Å². The van der Waals surface area contributed by atoms with E-state index < -0.39 is 5.41 Å². The molecule has 2 fully saturated rings. The van der Waals surface area contributed by atoms with E-state index in [0.29, 0.717) is 11.8 Å². The monoisotopic (exact) mass is 104 g/mol. The summed E-state index contributed by atoms with van der Waals surface area (Å²) >= 11 is 0. The third kappa shape index (κ3) is 0.179. The molecule has 0 saturated heterocycles. The van der Waals surface area contributed by atoms with Gasteiger partial charge in [0.15, 0.2) is 0 Å². The fourth-order valence-corrected chi connectivity index (χ4v) is 1.30. The number of hydrogen-bond donors (Lipinski definition) is 0. The van der Waals surface area contributed by atoms with Crippen LogP contribution in [0.15, 0.2) is 0 Å². The zero-order valence-electron chi connectivity index (χ0n) is 4.26. The average molecular weight is 104 g/mol. The molecule has 38 valence electrons. The number of hydrogen-bond acceptors (Lipinski definition) is 2. The van der Waals surface area contributed by atoms with Gasteiger partial charge in [0, 0.05) is 0 Å². The van der Waals surface area contributed by atoms with Gasteiger partial charge in [-0.2, -0.15) is 10.5 Å². The standard InChI is InChI=1S/C6H4N2/c7-2-6(3-8)4-1-5(4)6/h4-5H,1H2. The van der Waals surface area contributed by atoms with Crippen LogP contribution in [0, 0.1) is 39.9 Å². The van der Waals surface area contributed by atoms with Gasteiger partial charge in [-0.05, 0) is 18.3 Å². The average Bonchev–Trinajstić information content (AvgIpc) is 2.53. The van der Waals surface area contributed by atoms with Crippen molar-refractivity contribution in [2.45, 2.75) is 6.42 Å². The molecule has 0 aliphatic heterocycles. The lowest BCUT2D eigenvalue weighted by atomic mass is 9.99. The van der Waals surface area contributed by atoms with Crippen LogP contribution in [0.25, 0.3) is 0 Å². The van der Waals surface area contributed by atoms with Gasteiger partial charge in [0.1, 0.15) is 5.41 Å². The van der Waals surface area contributed by atoms with Crippen LogP contribution < -0.4 is 0 Å². The molecular weight excluding hydrogens is 100 g/mol. The maximum Gasteiger partial charge on any atom is 0.150 e. The van der Waals surface area contributed by atoms with Gasteiger partial charge in [-0.1, -0.05) is 0 Å². The highest BCUT2D eigenvalue weighted by atomic mass is 14.8. The Morgan fingerprint density at radius 2 is 1.75 bits per heavy atom. The van der Waals surface area contributed by atoms with E-state index in [-0.39, 0.29) is 0 Å². The van der Waals surface area contributed by atoms with E-state index in [0.717, 1.165) is 6.42 Å². The van der Waals surface area contributed by atoms with Crippen molar-refractivity contribution >= 4 is 0 Å². The second-order valence-electron chi connectivity index (χ2n) is 2.54. The van der Waals surface area contributed by atoms with Crippen LogP contribution in [0.3, 0.4) is 0 Å². The maximum absolute atomic E-state index is 8.38. The van der Waals surface area contributed by atoms with Crippen molar-refractivity contribution in [3.8, 4) is 12.1 Å². The van der Waals surface area contributed by atoms with E-state index in [1.165, 1.54) is 0 Å². The van der Waals surface area contributed by atoms with E-state index in [2.05, 4.69) is 0 Å². The SMILES string of the molecule is N#CC1(C#N)C2CC21. The molecule has 2 unspecified atom stereocenters. The molecule has 0 aromatic rings. The third-order valence-corrected chi connectivity index (χ3v) is 2.22. The molecule has 8 heavy (non-hydrogen) atoms. The van der Waals surface area contributed by atoms with Gasteiger partial charge in [0.25, 0.3) is 0 Å². The first kappa shape index (κ1) is 3.92. The Morgan fingerprint density at radius 1 is 1.25 bits per heavy atom. The van der Waals surface area contributed by atoms with Crippen LogP contribution in [-0.2, 0) is 0 Å². The predicted molar refractivity (Wildman–Crippen MR) is 25.3 cm³/mol. The summed E-state index contributed by atoms with van der Waals surface area (Å²) < 4.78 is 0. The van der Waals surface area contributed by atoms with Crippen molar-refractivity contribution in [3.05, 3.63) is 0 Å². The molecule has 0 amide bonds. The lowest BCUT2D eigenvalue weighted by molar-refractivity contribution is 0.619. The summed E-state index contributed by atoms with van der Waals surface area (Å²) in [5.41, 5.74) is -0.500. The largest absolute Gasteiger partial charge is 0.197 e. The second kappa shape index (κ2) is 0.759. The van der Waals surface area contributed by atoms with Crippen LogP contribution >= 0.6 is 0 Å². The minimum Gasteiger partial charge on any atom is -0.197 e. The van der Waals surface area contributed by atoms with E-state index >= 15 is 0 Å². The van der Waals surface area contributed by atoms with Crippen LogP contribution in [0.2, 0.25) is 0 Å². The van der Waals surface area contributed by atoms with Crippen molar-refractivity contribution in [2.24, 2.45) is 17.3 Å². The van der Waals surface area contributed by atoms with Gasteiger partial charge in [0.05, 0.1) is 12.1 Å². The van der Waals surface area contributed by atoms with Crippen LogP contribution in [0.5, 0.6) is 0 Å². The minimum absolute atomic E-state index is 0.470. The minimum atomic E-state index is -0.500. The third-order valence-electron chi connectivity index (χ3n) is 2.22. The highest BCUT2D eigenvalue weighted by Gasteiger charge is 2.78. The molecule has 2 aliphatic carbocycles. The molecule has 2 rings (SSSR count). The molecule has 0 heterocycles. The zero-order valence-corrected chi connectivity index (χ0v) is 4.26. The van der Waals surface area contributed by atoms with Crippen molar-refractivity contribution in [1.82, 2.24) is 0 Å². The fourth-order valence-electron chi connectivity index (χ4n) is 1.30. The van der Waals surface area contributed by atoms with E-state index in [4.69, 9.17) is 10.5 Å². The molecular formula is C6H4N2. The highest BCUT2D eigenvalue weighted by Crippen LogP contribution is 2.76. The molecule has 2 aliphatic rings. The first-order chi connectivity index (χ1) is 3.85. The lowest BCUT2D eigenvalue weighted by Crippen LogP contribution is -2.02. The van der Waals surface area contributed by atoms with Crippen molar-refractivity contribution in [3.63, 3.8) is 0 Å². The zero-order chi connectivity index (χ0) is 5.78. The Kier molecular flexibility index (Phi) is 0.372. The van der Waals surface area contributed by atoms with Crippen LogP contribution in [0.4, 0.5) is 0 Å². The Hall–Kier alpha value is -1.02. The number of nitriles is 2. The first-order valence-electron chi connectivity index (χ1n) is 2.67. The number of fused-ring (bicyclic) bond motifs is 1. The lowest BCUT2D eigenvalue weighted by Gasteiger charge is -1.96. The summed E-state index contributed by atoms with van der Waals surface area (Å²) in [4.78, 5) is 0. The molecule has 0 aromatic carbocycles. The highest BCUT2D eigenvalue weighted by molar-refractivity contribution is 5.40. The maximum atomic E-state index is 8.38. The Labute approximate surface area is 47.3 Å². The first-order valence-corrected chi connectivity index (χ1v) is 2.67. The second-order valence-corrected chi connectivity index (χ2v) is 2.54. The summed E-state index contributed by atoms with van der Waals surface area (Å²) in [6, 6.07) is 4.08. The Morgan fingerprint density at radius 3 is 1.75 bits per heavy atom. The van der Waals surface area contributed by atoms with Gasteiger partial charge in [0.2, 0.25) is 0 Å². The van der Waals surface area contributed by atoms with Crippen molar-refractivity contribution in [1.29, 1.82) is 10.5 Å². The summed E-state index contributed by atoms with van der Waals surface area (Å²) in [5.74, 6) is 0.940. The normalized spacial score (nSPS) is 43.2. The summed E-state index contributed by atoms with van der Waals surface area (Å²) in [5, 5.41) is 16.8. The topological polar surface area (TPSA) is 47.6 Å². The molecule has 2 atom stereocenters. The molecule has 0 aromatic heterocycles. The Balaban J connectivity index is 2.30. The molecule has 2 saturated carbocycles. The molecule has 0 N–H and O–H groups in total. The molecule has 0 radical (unpaired) electrons. The fraction of sp³-hybridized carbons (Fsp3) is 0.667. The number of nitrogens with zero attached hydrogens (tertiary/aromatic N) is 2. The Bertz CT molecular complexity index is 194. The van der Waals surface area contributed by atoms with Crippen molar-refractivity contribution < 1.29 is 0 Å². The molecule has 0 bridgehead atoms. The molecule has 2 nitrogen and oxygen atoms in total. The van der Waals surface area contributed by atoms with Gasteiger partial charge in [-0.3, -0.25) is 0 Å². The summed E-state index contributed by atoms with van der Waals surface area (Å²) in [6.07, 6.45) is 1.13. The number of rotatable bonds is 0. The predicted octanol–water partition coefficient (Wildman–Crippen LogP) is 0.670. The van der Waals surface area contributed by atoms with Gasteiger partial charge in [-0.25, -0.2) is 0 Å². The summed E-state index contributed by atoms with van der Waals surface area (Å²) in [6.45, 7) is 0. The van der Waals surface area contributed by atoms with Crippen LogP contribution in [0.1, 0.15) is 6.42 Å². The smallest absolute Gasteiger partial charge is 0.150 e. The van der Waals surface area contributed by atoms with E-state index in [1.807, 2.05) is 12.1 Å². The van der Waals surface area contributed by atoms with Gasteiger partial charge >= 0.3 is 0 Å². The molecule has 0 spiro atoms. The van der Waals surface area contributed by atoms with Crippen LogP contribution in [-0.4, -0.2) is 0 Å². The van der Waals surface area contributed by atoms with E-state index in [9.17, 15) is 0 Å². The quantitative estimate of drug-likeness (QED) is 0.453.